The highest BCUT2D eigenvalue weighted by Crippen LogP contribution is 2.28. The predicted octanol–water partition coefficient (Wildman–Crippen LogP) is 3.21. The van der Waals surface area contributed by atoms with Gasteiger partial charge in [0, 0.05) is 12.4 Å². The Morgan fingerprint density at radius 3 is 2.70 bits per heavy atom. The standard InChI is InChI=1S/C12H6Cl2N4O2/c13-7-2-9(14)10(16-4-7)11-17-12(20-18-11)6-1-8(19)5-15-3-6/h1-5,19H. The number of rotatable bonds is 2. The molecule has 0 spiro atoms. The molecular weight excluding hydrogens is 303 g/mol. The molecule has 3 aromatic rings. The summed E-state index contributed by atoms with van der Waals surface area (Å²) in [4.78, 5) is 12.1. The highest BCUT2D eigenvalue weighted by molar-refractivity contribution is 6.35. The highest BCUT2D eigenvalue weighted by atomic mass is 35.5. The van der Waals surface area contributed by atoms with Crippen molar-refractivity contribution < 1.29 is 9.63 Å². The first-order valence-corrected chi connectivity index (χ1v) is 6.18. The largest absolute Gasteiger partial charge is 0.506 e. The summed E-state index contributed by atoms with van der Waals surface area (Å²) in [6.07, 6.45) is 4.24. The molecule has 0 saturated heterocycles. The molecular formula is C12H6Cl2N4O2. The third kappa shape index (κ3) is 2.43. The van der Waals surface area contributed by atoms with Crippen LogP contribution in [0.5, 0.6) is 5.75 Å². The van der Waals surface area contributed by atoms with Crippen LogP contribution in [0, 0.1) is 0 Å². The lowest BCUT2D eigenvalue weighted by atomic mass is 10.3. The Hall–Kier alpha value is -2.18. The van der Waals surface area contributed by atoms with Gasteiger partial charge < -0.3 is 9.63 Å². The van der Waals surface area contributed by atoms with Crippen molar-refractivity contribution in [2.45, 2.75) is 0 Å². The molecule has 3 aromatic heterocycles. The van der Waals surface area contributed by atoms with Crippen LogP contribution in [0.15, 0.2) is 35.2 Å². The highest BCUT2D eigenvalue weighted by Gasteiger charge is 2.15. The van der Waals surface area contributed by atoms with E-state index in [-0.39, 0.29) is 17.5 Å². The number of aromatic nitrogens is 4. The van der Waals surface area contributed by atoms with Gasteiger partial charge in [-0.2, -0.15) is 4.98 Å². The van der Waals surface area contributed by atoms with E-state index in [2.05, 4.69) is 20.1 Å². The van der Waals surface area contributed by atoms with E-state index in [1.54, 1.807) is 0 Å². The lowest BCUT2D eigenvalue weighted by Crippen LogP contribution is -1.87. The summed E-state index contributed by atoms with van der Waals surface area (Å²) in [5, 5.41) is 13.9. The SMILES string of the molecule is Oc1cncc(-c2nc(-c3ncc(Cl)cc3Cl)no2)c1. The van der Waals surface area contributed by atoms with E-state index in [0.717, 1.165) is 0 Å². The van der Waals surface area contributed by atoms with Gasteiger partial charge in [0.15, 0.2) is 0 Å². The molecule has 0 radical (unpaired) electrons. The smallest absolute Gasteiger partial charge is 0.259 e. The topological polar surface area (TPSA) is 84.9 Å². The Morgan fingerprint density at radius 1 is 1.10 bits per heavy atom. The van der Waals surface area contributed by atoms with Crippen molar-refractivity contribution in [3.05, 3.63) is 40.8 Å². The van der Waals surface area contributed by atoms with Gasteiger partial charge in [0.05, 0.1) is 21.8 Å². The molecule has 6 nitrogen and oxygen atoms in total. The maximum Gasteiger partial charge on any atom is 0.259 e. The molecule has 100 valence electrons. The van der Waals surface area contributed by atoms with E-state index >= 15 is 0 Å². The molecule has 0 aliphatic heterocycles. The normalized spacial score (nSPS) is 10.7. The quantitative estimate of drug-likeness (QED) is 0.782. The van der Waals surface area contributed by atoms with Crippen molar-refractivity contribution in [1.29, 1.82) is 0 Å². The monoisotopic (exact) mass is 308 g/mol. The van der Waals surface area contributed by atoms with Crippen molar-refractivity contribution in [2.75, 3.05) is 0 Å². The van der Waals surface area contributed by atoms with Crippen LogP contribution in [-0.4, -0.2) is 25.2 Å². The summed E-state index contributed by atoms with van der Waals surface area (Å²) < 4.78 is 5.10. The Bertz CT molecular complexity index is 776. The average Bonchev–Trinajstić information content (AvgIpc) is 2.88. The number of pyridine rings is 2. The molecule has 0 bridgehead atoms. The summed E-state index contributed by atoms with van der Waals surface area (Å²) in [7, 11) is 0. The third-order valence-electron chi connectivity index (χ3n) is 2.42. The zero-order valence-corrected chi connectivity index (χ0v) is 11.3. The molecule has 0 saturated carbocycles. The maximum absolute atomic E-state index is 9.37. The molecule has 3 rings (SSSR count). The molecule has 0 aliphatic carbocycles. The molecule has 0 atom stereocenters. The first kappa shape index (κ1) is 12.8. The van der Waals surface area contributed by atoms with Crippen LogP contribution in [0.4, 0.5) is 0 Å². The fourth-order valence-corrected chi connectivity index (χ4v) is 2.03. The zero-order chi connectivity index (χ0) is 14.1. The van der Waals surface area contributed by atoms with E-state index in [1.165, 1.54) is 30.7 Å². The predicted molar refractivity (Wildman–Crippen MR) is 72.4 cm³/mol. The molecule has 3 heterocycles. The number of nitrogens with zero attached hydrogens (tertiary/aromatic N) is 4. The van der Waals surface area contributed by atoms with Crippen LogP contribution >= 0.6 is 23.2 Å². The molecule has 0 amide bonds. The van der Waals surface area contributed by atoms with Crippen LogP contribution in [0.3, 0.4) is 0 Å². The maximum atomic E-state index is 9.37. The summed E-state index contributed by atoms with van der Waals surface area (Å²) >= 11 is 11.8. The van der Waals surface area contributed by atoms with Crippen molar-refractivity contribution in [1.82, 2.24) is 20.1 Å². The minimum atomic E-state index is 0.00454. The van der Waals surface area contributed by atoms with Crippen LogP contribution in [0.2, 0.25) is 10.0 Å². The lowest BCUT2D eigenvalue weighted by molar-refractivity contribution is 0.431. The van der Waals surface area contributed by atoms with Crippen LogP contribution < -0.4 is 0 Å². The summed E-state index contributed by atoms with van der Waals surface area (Å²) in [6.45, 7) is 0. The van der Waals surface area contributed by atoms with Gasteiger partial charge in [-0.25, -0.2) is 4.98 Å². The molecule has 0 fully saturated rings. The van der Waals surface area contributed by atoms with Gasteiger partial charge in [0.2, 0.25) is 5.82 Å². The van der Waals surface area contributed by atoms with Crippen molar-refractivity contribution in [3.63, 3.8) is 0 Å². The van der Waals surface area contributed by atoms with E-state index in [4.69, 9.17) is 27.7 Å². The molecule has 0 aliphatic rings. The second-order valence-corrected chi connectivity index (χ2v) is 4.68. The Morgan fingerprint density at radius 2 is 1.95 bits per heavy atom. The number of hydrogen-bond donors (Lipinski definition) is 1. The molecule has 8 heteroatoms. The third-order valence-corrected chi connectivity index (χ3v) is 2.91. The number of hydrogen-bond acceptors (Lipinski definition) is 6. The summed E-state index contributed by atoms with van der Waals surface area (Å²) in [5.41, 5.74) is 0.855. The van der Waals surface area contributed by atoms with Crippen LogP contribution in [0.25, 0.3) is 23.0 Å². The molecule has 0 aromatic carbocycles. The Kier molecular flexibility index (Phi) is 3.25. The van der Waals surface area contributed by atoms with Crippen LogP contribution in [0.1, 0.15) is 0 Å². The number of halogens is 2. The van der Waals surface area contributed by atoms with Gasteiger partial charge in [-0.3, -0.25) is 4.98 Å². The first-order chi connectivity index (χ1) is 9.63. The summed E-state index contributed by atoms with van der Waals surface area (Å²) in [5.74, 6) is 0.436. The number of aromatic hydroxyl groups is 1. The Balaban J connectivity index is 2.02. The molecule has 0 unspecified atom stereocenters. The van der Waals surface area contributed by atoms with Crippen molar-refractivity contribution in [3.8, 4) is 28.7 Å². The van der Waals surface area contributed by atoms with Crippen LogP contribution in [-0.2, 0) is 0 Å². The van der Waals surface area contributed by atoms with E-state index in [9.17, 15) is 5.11 Å². The second-order valence-electron chi connectivity index (χ2n) is 3.84. The fraction of sp³-hybridized carbons (Fsp3) is 0. The fourth-order valence-electron chi connectivity index (χ4n) is 1.56. The van der Waals surface area contributed by atoms with Gasteiger partial charge in [0.25, 0.3) is 5.89 Å². The second kappa shape index (κ2) is 5.07. The molecule has 1 N–H and O–H groups in total. The van der Waals surface area contributed by atoms with Crippen molar-refractivity contribution >= 4 is 23.2 Å². The van der Waals surface area contributed by atoms with E-state index < -0.39 is 0 Å². The minimum absolute atomic E-state index is 0.00454. The first-order valence-electron chi connectivity index (χ1n) is 5.43. The summed E-state index contributed by atoms with van der Waals surface area (Å²) in [6, 6.07) is 3.00. The average molecular weight is 309 g/mol. The molecule has 20 heavy (non-hydrogen) atoms. The van der Waals surface area contributed by atoms with Gasteiger partial charge in [-0.1, -0.05) is 28.4 Å². The Labute approximate surface area is 123 Å². The van der Waals surface area contributed by atoms with Gasteiger partial charge in [-0.15, -0.1) is 0 Å². The zero-order valence-electron chi connectivity index (χ0n) is 9.79. The van der Waals surface area contributed by atoms with Crippen molar-refractivity contribution in [2.24, 2.45) is 0 Å². The van der Waals surface area contributed by atoms with E-state index in [1.807, 2.05) is 0 Å². The lowest BCUT2D eigenvalue weighted by Gasteiger charge is -1.97. The van der Waals surface area contributed by atoms with Gasteiger partial charge in [0.1, 0.15) is 11.4 Å². The van der Waals surface area contributed by atoms with Gasteiger partial charge >= 0.3 is 0 Å². The minimum Gasteiger partial charge on any atom is -0.506 e. The van der Waals surface area contributed by atoms with E-state index in [0.29, 0.717) is 21.3 Å². The van der Waals surface area contributed by atoms with Gasteiger partial charge in [-0.05, 0) is 12.1 Å².